The molecule has 1 atom stereocenters. The Labute approximate surface area is 193 Å². The summed E-state index contributed by atoms with van der Waals surface area (Å²) in [5, 5.41) is 0.294. The molecular weight excluding hydrogens is 446 g/mol. The van der Waals surface area contributed by atoms with E-state index in [1.54, 1.807) is 52.9 Å². The van der Waals surface area contributed by atoms with Gasteiger partial charge in [-0.2, -0.15) is 0 Å². The molecule has 0 aliphatic carbocycles. The second-order valence-corrected chi connectivity index (χ2v) is 9.11. The molecule has 1 unspecified atom stereocenters. The van der Waals surface area contributed by atoms with Crippen LogP contribution in [-0.4, -0.2) is 47.0 Å². The molecule has 0 fully saturated rings. The van der Waals surface area contributed by atoms with E-state index in [2.05, 4.69) is 4.98 Å². The fourth-order valence-corrected chi connectivity index (χ4v) is 4.69. The number of benzene rings is 1. The van der Waals surface area contributed by atoms with Crippen LogP contribution in [0.2, 0.25) is 0 Å². The highest BCUT2D eigenvalue weighted by Crippen LogP contribution is 2.33. The topological polar surface area (TPSA) is 108 Å². The highest BCUT2D eigenvalue weighted by atomic mass is 32.1. The van der Waals surface area contributed by atoms with Crippen LogP contribution in [0.25, 0.3) is 10.2 Å². The number of esters is 1. The van der Waals surface area contributed by atoms with E-state index in [-0.39, 0.29) is 24.4 Å². The first-order valence-corrected chi connectivity index (χ1v) is 11.2. The molecule has 0 spiro atoms. The van der Waals surface area contributed by atoms with Crippen molar-refractivity contribution in [2.45, 2.75) is 39.8 Å². The van der Waals surface area contributed by atoms with Crippen molar-refractivity contribution in [3.63, 3.8) is 0 Å². The number of hydrogen-bond acceptors (Lipinski definition) is 8. The van der Waals surface area contributed by atoms with Gasteiger partial charge >= 0.3 is 5.97 Å². The Morgan fingerprint density at radius 2 is 1.94 bits per heavy atom. The van der Waals surface area contributed by atoms with Gasteiger partial charge in [-0.25, -0.2) is 9.78 Å². The van der Waals surface area contributed by atoms with Crippen LogP contribution in [0.5, 0.6) is 5.75 Å². The molecule has 3 aromatic rings. The number of amides is 1. The van der Waals surface area contributed by atoms with Gasteiger partial charge in [-0.05, 0) is 51.5 Å². The van der Waals surface area contributed by atoms with Gasteiger partial charge in [0.15, 0.2) is 12.4 Å². The number of anilines is 1. The third kappa shape index (κ3) is 3.91. The molecule has 3 heterocycles. The molecule has 10 heteroatoms. The number of hydrogen-bond donors (Lipinski definition) is 0. The van der Waals surface area contributed by atoms with Crippen LogP contribution in [0.1, 0.15) is 52.4 Å². The van der Waals surface area contributed by atoms with Crippen molar-refractivity contribution in [1.82, 2.24) is 9.55 Å². The van der Waals surface area contributed by atoms with Crippen LogP contribution in [0.4, 0.5) is 5.69 Å². The number of carbonyl (C=O) groups excluding carboxylic acids is 3. The quantitative estimate of drug-likeness (QED) is 0.417. The Hall–Kier alpha value is -3.53. The molecule has 0 N–H and O–H groups in total. The molecule has 1 amide bonds. The van der Waals surface area contributed by atoms with Gasteiger partial charge in [0, 0.05) is 12.6 Å². The van der Waals surface area contributed by atoms with E-state index in [1.165, 1.54) is 15.8 Å². The summed E-state index contributed by atoms with van der Waals surface area (Å²) in [5.74, 6) is -0.530. The molecule has 1 aliphatic heterocycles. The van der Waals surface area contributed by atoms with Crippen LogP contribution in [0.15, 0.2) is 29.3 Å². The fourth-order valence-electron chi connectivity index (χ4n) is 3.67. The molecule has 4 rings (SSSR count). The zero-order valence-electron chi connectivity index (χ0n) is 18.9. The molecule has 33 heavy (non-hydrogen) atoms. The maximum absolute atomic E-state index is 13.3. The highest BCUT2D eigenvalue weighted by molar-refractivity contribution is 7.20. The molecule has 1 aromatic carbocycles. The van der Waals surface area contributed by atoms with E-state index in [1.807, 2.05) is 0 Å². The summed E-state index contributed by atoms with van der Waals surface area (Å²) in [6, 6.07) is 3.97. The number of rotatable bonds is 5. The smallest absolute Gasteiger partial charge is 0.348 e. The van der Waals surface area contributed by atoms with Crippen molar-refractivity contribution in [3.05, 3.63) is 50.9 Å². The molecule has 2 aromatic heterocycles. The summed E-state index contributed by atoms with van der Waals surface area (Å²) in [6.45, 7) is 6.73. The Kier molecular flexibility index (Phi) is 5.79. The van der Waals surface area contributed by atoms with E-state index in [0.29, 0.717) is 37.7 Å². The van der Waals surface area contributed by atoms with Crippen LogP contribution < -0.4 is 15.2 Å². The first-order chi connectivity index (χ1) is 15.6. The first-order valence-electron chi connectivity index (χ1n) is 10.4. The van der Waals surface area contributed by atoms with Gasteiger partial charge < -0.3 is 14.4 Å². The summed E-state index contributed by atoms with van der Waals surface area (Å²) >= 11 is 1.09. The lowest BCUT2D eigenvalue weighted by Crippen LogP contribution is -2.35. The lowest BCUT2D eigenvalue weighted by molar-refractivity contribution is -0.121. The minimum atomic E-state index is -0.858. The maximum Gasteiger partial charge on any atom is 0.348 e. The standard InChI is InChI=1S/C23H23N3O6S/c1-11(2)32-23(30)20-12(3)18-21(33-20)24-10-26(22(18)29)13(4)19(28)14-6-7-16-15(8-14)25(5)17(27)9-31-16/h6-8,10-11,13H,9H2,1-5H3. The number of ether oxygens (including phenoxy) is 2. The van der Waals surface area contributed by atoms with Gasteiger partial charge in [0.05, 0.1) is 29.5 Å². The molecule has 1 aliphatic rings. The van der Waals surface area contributed by atoms with Gasteiger partial charge in [-0.1, -0.05) is 0 Å². The lowest BCUT2D eigenvalue weighted by Gasteiger charge is -2.26. The van der Waals surface area contributed by atoms with E-state index >= 15 is 0 Å². The summed E-state index contributed by atoms with van der Waals surface area (Å²) in [4.78, 5) is 57.3. The number of likely N-dealkylation sites (N-methyl/N-ethyl adjacent to an activating group) is 1. The van der Waals surface area contributed by atoms with Gasteiger partial charge in [0.25, 0.3) is 11.5 Å². The Balaban J connectivity index is 1.71. The highest BCUT2D eigenvalue weighted by Gasteiger charge is 2.27. The predicted octanol–water partition coefficient (Wildman–Crippen LogP) is 3.13. The minimum absolute atomic E-state index is 0.0546. The van der Waals surface area contributed by atoms with E-state index in [4.69, 9.17) is 9.47 Å². The summed E-state index contributed by atoms with van der Waals surface area (Å²) < 4.78 is 11.9. The van der Waals surface area contributed by atoms with Crippen LogP contribution in [0, 0.1) is 6.92 Å². The monoisotopic (exact) mass is 469 g/mol. The molecular formula is C23H23N3O6S. The first kappa shape index (κ1) is 22.7. The summed E-state index contributed by atoms with van der Waals surface area (Å²) in [5.41, 5.74) is 0.902. The molecule has 0 radical (unpaired) electrons. The van der Waals surface area contributed by atoms with E-state index in [9.17, 15) is 19.2 Å². The number of fused-ring (bicyclic) bond motifs is 2. The number of nitrogens with zero attached hydrogens (tertiary/aromatic N) is 3. The second-order valence-electron chi connectivity index (χ2n) is 8.11. The minimum Gasteiger partial charge on any atom is -0.482 e. The number of ketones is 1. The zero-order valence-corrected chi connectivity index (χ0v) is 19.7. The Morgan fingerprint density at radius 3 is 2.64 bits per heavy atom. The van der Waals surface area contributed by atoms with E-state index < -0.39 is 17.6 Å². The van der Waals surface area contributed by atoms with Crippen LogP contribution in [0.3, 0.4) is 0 Å². The Bertz CT molecular complexity index is 1360. The van der Waals surface area contributed by atoms with Gasteiger partial charge in [-0.15, -0.1) is 11.3 Å². The number of thiophene rings is 1. The summed E-state index contributed by atoms with van der Waals surface area (Å²) in [6.07, 6.45) is 1.03. The lowest BCUT2D eigenvalue weighted by atomic mass is 10.0. The SMILES string of the molecule is Cc1c(C(=O)OC(C)C)sc2ncn(C(C)C(=O)c3ccc4c(c3)N(C)C(=O)CO4)c(=O)c12. The average molecular weight is 470 g/mol. The van der Waals surface area contributed by atoms with Crippen LogP contribution >= 0.6 is 11.3 Å². The van der Waals surface area contributed by atoms with E-state index in [0.717, 1.165) is 11.3 Å². The Morgan fingerprint density at radius 1 is 1.21 bits per heavy atom. The molecule has 9 nitrogen and oxygen atoms in total. The third-order valence-corrected chi connectivity index (χ3v) is 6.71. The maximum atomic E-state index is 13.3. The van der Waals surface area contributed by atoms with Gasteiger partial charge in [0.1, 0.15) is 15.5 Å². The normalized spacial score (nSPS) is 14.2. The van der Waals surface area contributed by atoms with Gasteiger partial charge in [0.2, 0.25) is 0 Å². The number of carbonyl (C=O) groups is 3. The third-order valence-electron chi connectivity index (χ3n) is 5.53. The van der Waals surface area contributed by atoms with Gasteiger partial charge in [-0.3, -0.25) is 19.0 Å². The molecule has 0 saturated heterocycles. The number of aryl methyl sites for hydroxylation is 1. The number of Topliss-reactive ketones (excluding diaryl/α,β-unsaturated/α-hetero) is 1. The van der Waals surface area contributed by atoms with Crippen molar-refractivity contribution >= 4 is 44.9 Å². The second kappa shape index (κ2) is 8.43. The average Bonchev–Trinajstić information content (AvgIpc) is 3.12. The largest absolute Gasteiger partial charge is 0.482 e. The summed E-state index contributed by atoms with van der Waals surface area (Å²) in [7, 11) is 1.62. The van der Waals surface area contributed by atoms with Crippen molar-refractivity contribution in [2.24, 2.45) is 0 Å². The van der Waals surface area contributed by atoms with Crippen molar-refractivity contribution in [3.8, 4) is 5.75 Å². The molecule has 0 bridgehead atoms. The fraction of sp³-hybridized carbons (Fsp3) is 0.348. The zero-order chi connectivity index (χ0) is 24.0. The molecule has 172 valence electrons. The van der Waals surface area contributed by atoms with Crippen molar-refractivity contribution in [2.75, 3.05) is 18.6 Å². The van der Waals surface area contributed by atoms with Crippen LogP contribution in [-0.2, 0) is 9.53 Å². The predicted molar refractivity (Wildman–Crippen MR) is 124 cm³/mol. The molecule has 0 saturated carbocycles. The number of aromatic nitrogens is 2. The van der Waals surface area contributed by atoms with Crippen molar-refractivity contribution in [1.29, 1.82) is 0 Å². The van der Waals surface area contributed by atoms with Crippen molar-refractivity contribution < 1.29 is 23.9 Å².